The van der Waals surface area contributed by atoms with Gasteiger partial charge in [-0.15, -0.1) is 11.3 Å². The highest BCUT2D eigenvalue weighted by Gasteiger charge is 2.24. The largest absolute Gasteiger partial charge is 0.462 e. The lowest BCUT2D eigenvalue weighted by molar-refractivity contribution is 0.0524. The van der Waals surface area contributed by atoms with Crippen molar-refractivity contribution in [1.29, 1.82) is 0 Å². The number of aromatic nitrogens is 2. The lowest BCUT2D eigenvalue weighted by Gasteiger charge is -2.20. The van der Waals surface area contributed by atoms with E-state index in [1.165, 1.54) is 18.2 Å². The van der Waals surface area contributed by atoms with Crippen LogP contribution < -0.4 is 10.3 Å². The fourth-order valence-electron chi connectivity index (χ4n) is 5.25. The molecule has 6 rings (SSSR count). The molecule has 7 nitrogen and oxygen atoms in total. The average molecular weight is 584 g/mol. The number of carbonyl (C=O) groups is 1. The first-order valence-electron chi connectivity index (χ1n) is 13.9. The number of thiazole rings is 1. The minimum atomic E-state index is -0.641. The smallest absolute Gasteiger partial charge is 0.343 e. The Morgan fingerprint density at radius 2 is 1.81 bits per heavy atom. The van der Waals surface area contributed by atoms with Gasteiger partial charge in [-0.05, 0) is 73.9 Å². The van der Waals surface area contributed by atoms with Gasteiger partial charge in [0.1, 0.15) is 11.4 Å². The standard InChI is InChI=1S/C33H30FN3O4S/c1-3-40-33(39)28-19-37(26-12-13-29-32(16-26)42-21(2)35-29)30(17-31(28)38)23-6-10-25(11-7-23)36-15-14-27(18-36)41-20-22-4-8-24(34)9-5-22/h4-13,16-17,19,27H,3,14-15,18,20H2,1-2H3/t27-/m1/s1. The van der Waals surface area contributed by atoms with Crippen LogP contribution in [0.3, 0.4) is 0 Å². The predicted molar refractivity (Wildman–Crippen MR) is 163 cm³/mol. The number of benzene rings is 3. The van der Waals surface area contributed by atoms with E-state index in [4.69, 9.17) is 9.47 Å². The van der Waals surface area contributed by atoms with Crippen LogP contribution in [0.4, 0.5) is 10.1 Å². The zero-order valence-electron chi connectivity index (χ0n) is 23.4. The second-order valence-corrected chi connectivity index (χ2v) is 11.5. The Morgan fingerprint density at radius 3 is 2.57 bits per heavy atom. The number of ether oxygens (including phenoxy) is 2. The molecule has 5 aromatic rings. The summed E-state index contributed by atoms with van der Waals surface area (Å²) in [4.78, 5) is 32.5. The van der Waals surface area contributed by atoms with Crippen molar-refractivity contribution >= 4 is 33.2 Å². The second kappa shape index (κ2) is 11.9. The fraction of sp³-hybridized carbons (Fsp3) is 0.242. The van der Waals surface area contributed by atoms with Crippen LogP contribution in [0.1, 0.15) is 34.3 Å². The zero-order valence-corrected chi connectivity index (χ0v) is 24.2. The third-order valence-electron chi connectivity index (χ3n) is 7.38. The molecule has 0 spiro atoms. The van der Waals surface area contributed by atoms with E-state index in [2.05, 4.69) is 9.88 Å². The van der Waals surface area contributed by atoms with Crippen LogP contribution in [0.25, 0.3) is 27.2 Å². The molecule has 0 aliphatic carbocycles. The summed E-state index contributed by atoms with van der Waals surface area (Å²) in [6.45, 7) is 5.93. The molecule has 9 heteroatoms. The van der Waals surface area contributed by atoms with E-state index in [1.54, 1.807) is 36.6 Å². The number of nitrogens with zero attached hydrogens (tertiary/aromatic N) is 3. The van der Waals surface area contributed by atoms with E-state index in [9.17, 15) is 14.0 Å². The summed E-state index contributed by atoms with van der Waals surface area (Å²) in [6, 6.07) is 21.9. The van der Waals surface area contributed by atoms with E-state index < -0.39 is 5.97 Å². The number of hydrogen-bond acceptors (Lipinski definition) is 7. The predicted octanol–water partition coefficient (Wildman–Crippen LogP) is 6.53. The number of hydrogen-bond donors (Lipinski definition) is 0. The molecule has 0 saturated carbocycles. The number of esters is 1. The van der Waals surface area contributed by atoms with Gasteiger partial charge in [0.15, 0.2) is 5.43 Å². The molecule has 3 heterocycles. The number of halogens is 1. The molecule has 2 aromatic heterocycles. The quantitative estimate of drug-likeness (QED) is 0.193. The number of anilines is 1. The van der Waals surface area contributed by atoms with Crippen molar-refractivity contribution < 1.29 is 18.7 Å². The normalized spacial score (nSPS) is 14.9. The van der Waals surface area contributed by atoms with Crippen molar-refractivity contribution in [2.45, 2.75) is 33.0 Å². The fourth-order valence-corrected chi connectivity index (χ4v) is 6.11. The molecule has 42 heavy (non-hydrogen) atoms. The van der Waals surface area contributed by atoms with Gasteiger partial charge in [-0.1, -0.05) is 24.3 Å². The summed E-state index contributed by atoms with van der Waals surface area (Å²) in [5.41, 5.74) is 4.84. The van der Waals surface area contributed by atoms with Crippen molar-refractivity contribution in [3.63, 3.8) is 0 Å². The molecular formula is C33H30FN3O4S. The molecule has 1 fully saturated rings. The van der Waals surface area contributed by atoms with Gasteiger partial charge in [-0.25, -0.2) is 14.2 Å². The van der Waals surface area contributed by atoms with Crippen LogP contribution in [0.2, 0.25) is 0 Å². The lowest BCUT2D eigenvalue weighted by atomic mass is 10.1. The Morgan fingerprint density at radius 1 is 1.05 bits per heavy atom. The van der Waals surface area contributed by atoms with Gasteiger partial charge in [0.2, 0.25) is 0 Å². The second-order valence-electron chi connectivity index (χ2n) is 10.3. The molecule has 1 atom stereocenters. The summed E-state index contributed by atoms with van der Waals surface area (Å²) in [5, 5.41) is 0.968. The number of pyridine rings is 1. The monoisotopic (exact) mass is 583 g/mol. The van der Waals surface area contributed by atoms with Crippen LogP contribution >= 0.6 is 11.3 Å². The Kier molecular flexibility index (Phi) is 7.86. The molecular weight excluding hydrogens is 553 g/mol. The van der Waals surface area contributed by atoms with E-state index in [-0.39, 0.29) is 29.5 Å². The summed E-state index contributed by atoms with van der Waals surface area (Å²) in [5.74, 6) is -0.893. The maximum atomic E-state index is 13.2. The van der Waals surface area contributed by atoms with Gasteiger partial charge < -0.3 is 18.9 Å². The molecule has 0 radical (unpaired) electrons. The van der Waals surface area contributed by atoms with Gasteiger partial charge in [-0.3, -0.25) is 4.79 Å². The average Bonchev–Trinajstić information content (AvgIpc) is 3.62. The molecule has 1 saturated heterocycles. The highest BCUT2D eigenvalue weighted by molar-refractivity contribution is 7.18. The van der Waals surface area contributed by atoms with Crippen LogP contribution in [-0.2, 0) is 16.1 Å². The molecule has 0 N–H and O–H groups in total. The van der Waals surface area contributed by atoms with Gasteiger partial charge in [0.25, 0.3) is 0 Å². The number of carbonyl (C=O) groups excluding carboxylic acids is 1. The molecule has 1 aliphatic rings. The summed E-state index contributed by atoms with van der Waals surface area (Å²) >= 11 is 1.59. The summed E-state index contributed by atoms with van der Waals surface area (Å²) in [6.07, 6.45) is 2.56. The first-order chi connectivity index (χ1) is 20.4. The third-order valence-corrected chi connectivity index (χ3v) is 8.31. The highest BCUT2D eigenvalue weighted by atomic mass is 32.1. The van der Waals surface area contributed by atoms with Crippen molar-refractivity contribution in [3.05, 3.63) is 111 Å². The summed E-state index contributed by atoms with van der Waals surface area (Å²) in [7, 11) is 0. The minimum absolute atomic E-state index is 0.0125. The van der Waals surface area contributed by atoms with E-state index in [1.807, 2.05) is 54.0 Å². The van der Waals surface area contributed by atoms with E-state index in [0.717, 1.165) is 57.2 Å². The highest BCUT2D eigenvalue weighted by Crippen LogP contribution is 2.30. The molecule has 0 unspecified atom stereocenters. The molecule has 3 aromatic carbocycles. The first-order valence-corrected chi connectivity index (χ1v) is 14.7. The Balaban J connectivity index is 1.26. The van der Waals surface area contributed by atoms with Crippen molar-refractivity contribution in [2.24, 2.45) is 0 Å². The van der Waals surface area contributed by atoms with Gasteiger partial charge in [0.05, 0.1) is 40.2 Å². The maximum Gasteiger partial charge on any atom is 0.343 e. The van der Waals surface area contributed by atoms with Crippen molar-refractivity contribution in [2.75, 3.05) is 24.6 Å². The molecule has 214 valence electrons. The zero-order chi connectivity index (χ0) is 29.2. The van der Waals surface area contributed by atoms with E-state index in [0.29, 0.717) is 12.3 Å². The van der Waals surface area contributed by atoms with Crippen LogP contribution in [-0.4, -0.2) is 41.3 Å². The third kappa shape index (κ3) is 5.84. The SMILES string of the molecule is CCOC(=O)c1cn(-c2ccc3nc(C)sc3c2)c(-c2ccc(N3CC[C@@H](OCc4ccc(F)cc4)C3)cc2)cc1=O. The Labute approximate surface area is 246 Å². The van der Waals surface area contributed by atoms with Gasteiger partial charge in [-0.2, -0.15) is 0 Å². The topological polar surface area (TPSA) is 73.7 Å². The number of fused-ring (bicyclic) bond motifs is 1. The molecule has 0 amide bonds. The van der Waals surface area contributed by atoms with Gasteiger partial charge >= 0.3 is 5.97 Å². The Hall–Kier alpha value is -4.34. The van der Waals surface area contributed by atoms with Gasteiger partial charge in [0, 0.05) is 36.7 Å². The number of aryl methyl sites for hydroxylation is 1. The maximum absolute atomic E-state index is 13.2. The molecule has 1 aliphatic heterocycles. The minimum Gasteiger partial charge on any atom is -0.462 e. The van der Waals surface area contributed by atoms with Crippen molar-refractivity contribution in [3.8, 4) is 16.9 Å². The van der Waals surface area contributed by atoms with Crippen LogP contribution in [0, 0.1) is 12.7 Å². The van der Waals surface area contributed by atoms with Crippen molar-refractivity contribution in [1.82, 2.24) is 9.55 Å². The van der Waals surface area contributed by atoms with Crippen LogP contribution in [0.5, 0.6) is 0 Å². The first kappa shape index (κ1) is 27.8. The number of rotatable bonds is 8. The van der Waals surface area contributed by atoms with Crippen LogP contribution in [0.15, 0.2) is 83.8 Å². The Bertz CT molecular complexity index is 1800. The summed E-state index contributed by atoms with van der Waals surface area (Å²) < 4.78 is 27.3. The molecule has 0 bridgehead atoms. The van der Waals surface area contributed by atoms with E-state index >= 15 is 0 Å². The lowest BCUT2D eigenvalue weighted by Crippen LogP contribution is -2.22.